The molecular weight excluding hydrogens is 641 g/mol. The van der Waals surface area contributed by atoms with Crippen molar-refractivity contribution in [1.82, 2.24) is 21.3 Å². The third-order valence-corrected chi connectivity index (χ3v) is 7.15. The third-order valence-electron chi connectivity index (χ3n) is 6.55. The number of carboxylic acids is 1. The van der Waals surface area contributed by atoms with E-state index in [0.29, 0.717) is 18.4 Å². The second-order valence-electron chi connectivity index (χ2n) is 10.6. The molecule has 0 bridgehead atoms. The van der Waals surface area contributed by atoms with Gasteiger partial charge in [-0.3, -0.25) is 24.6 Å². The van der Waals surface area contributed by atoms with Gasteiger partial charge in [-0.15, -0.1) is 23.2 Å². The lowest BCUT2D eigenvalue weighted by Crippen LogP contribution is -2.54. The van der Waals surface area contributed by atoms with E-state index in [1.807, 2.05) is 0 Å². The van der Waals surface area contributed by atoms with Crippen LogP contribution in [0.1, 0.15) is 70.3 Å². The average Bonchev–Trinajstić information content (AvgIpc) is 3.03. The summed E-state index contributed by atoms with van der Waals surface area (Å²) in [5, 5.41) is 36.1. The van der Waals surface area contributed by atoms with E-state index < -0.39 is 48.4 Å². The number of guanidine groups is 1. The predicted molar refractivity (Wildman–Crippen MR) is 178 cm³/mol. The SMILES string of the molecule is CCCCCCCCC(N)C(=O)N[C@@H](Cc1ccc(O)cc1)C(=O)NCC(=O)N[C@@H](CCCNC(=N)N)C(=O)O.O=C(CCl)CCl. The highest BCUT2D eigenvalue weighted by atomic mass is 35.5. The second-order valence-corrected chi connectivity index (χ2v) is 11.1. The van der Waals surface area contributed by atoms with E-state index in [0.717, 1.165) is 32.1 Å². The molecule has 1 aromatic carbocycles. The van der Waals surface area contributed by atoms with Crippen LogP contribution in [0.4, 0.5) is 0 Å². The van der Waals surface area contributed by atoms with Gasteiger partial charge in [0.15, 0.2) is 11.7 Å². The number of phenolic OH excluding ortho intramolecular Hbond substituents is 1. The zero-order valence-corrected chi connectivity index (χ0v) is 27.8. The molecule has 0 heterocycles. The van der Waals surface area contributed by atoms with E-state index in [4.69, 9.17) is 40.1 Å². The standard InChI is InChI=1S/C27H45N7O6.C3H4Cl2O/c1-2-3-4-5-6-7-9-20(28)24(37)34-22(16-18-11-13-19(35)14-12-18)25(38)32-17-23(36)33-21(26(39)40)10-8-15-31-27(29)30;4-1-3(6)2-5/h11-14,20-22,35H,2-10,15-17,28H2,1H3,(H,32,38)(H,33,36)(H,34,37)(H,39,40)(H4,29,30,31);1-2H2/t20?,21-,22-;/m0./s1. The topological polar surface area (TPSA) is 250 Å². The molecule has 0 aliphatic carbocycles. The molecule has 3 amide bonds. The first-order valence-electron chi connectivity index (χ1n) is 15.2. The summed E-state index contributed by atoms with van der Waals surface area (Å²) in [5.41, 5.74) is 11.9. The van der Waals surface area contributed by atoms with Crippen molar-refractivity contribution < 1.29 is 34.2 Å². The van der Waals surface area contributed by atoms with E-state index in [1.165, 1.54) is 18.6 Å². The number of alkyl halides is 2. The summed E-state index contributed by atoms with van der Waals surface area (Å²) in [4.78, 5) is 59.5. The first-order valence-corrected chi connectivity index (χ1v) is 16.3. The van der Waals surface area contributed by atoms with Gasteiger partial charge in [-0.1, -0.05) is 57.6 Å². The van der Waals surface area contributed by atoms with Gasteiger partial charge in [-0.2, -0.15) is 0 Å². The minimum atomic E-state index is -1.24. The summed E-state index contributed by atoms with van der Waals surface area (Å²) in [7, 11) is 0. The van der Waals surface area contributed by atoms with Crippen LogP contribution in [-0.4, -0.2) is 88.6 Å². The quantitative estimate of drug-likeness (QED) is 0.0367. The Kier molecular flexibility index (Phi) is 23.5. The minimum absolute atomic E-state index is 0.0312. The van der Waals surface area contributed by atoms with Crippen molar-refractivity contribution in [3.63, 3.8) is 0 Å². The highest BCUT2D eigenvalue weighted by molar-refractivity contribution is 6.35. The number of carbonyl (C=O) groups excluding carboxylic acids is 4. The fourth-order valence-electron chi connectivity index (χ4n) is 3.99. The van der Waals surface area contributed by atoms with Crippen molar-refractivity contribution in [2.45, 2.75) is 89.3 Å². The summed E-state index contributed by atoms with van der Waals surface area (Å²) < 4.78 is 0. The summed E-state index contributed by atoms with van der Waals surface area (Å²) in [5.74, 6) is -3.32. The molecule has 0 radical (unpaired) electrons. The maximum Gasteiger partial charge on any atom is 0.326 e. The van der Waals surface area contributed by atoms with E-state index in [-0.39, 0.29) is 48.6 Å². The molecule has 0 saturated heterocycles. The van der Waals surface area contributed by atoms with Crippen LogP contribution < -0.4 is 32.7 Å². The maximum absolute atomic E-state index is 13.0. The number of carboxylic acid groups (broad SMARTS) is 1. The number of nitrogens with one attached hydrogen (secondary N) is 5. The van der Waals surface area contributed by atoms with Crippen LogP contribution in [0.3, 0.4) is 0 Å². The first kappa shape index (κ1) is 42.4. The average molecular weight is 691 g/mol. The van der Waals surface area contributed by atoms with Crippen LogP contribution in [0.15, 0.2) is 24.3 Å². The van der Waals surface area contributed by atoms with Crippen LogP contribution in [0.2, 0.25) is 0 Å². The number of phenols is 1. The molecule has 1 aromatic rings. The molecule has 0 saturated carbocycles. The fourth-order valence-corrected chi connectivity index (χ4v) is 4.28. The van der Waals surface area contributed by atoms with Crippen LogP contribution in [0.5, 0.6) is 5.75 Å². The van der Waals surface area contributed by atoms with Gasteiger partial charge in [0.05, 0.1) is 24.3 Å². The molecule has 0 spiro atoms. The highest BCUT2D eigenvalue weighted by Gasteiger charge is 2.25. The Balaban J connectivity index is 0.00000306. The largest absolute Gasteiger partial charge is 0.508 e. The van der Waals surface area contributed by atoms with Crippen molar-refractivity contribution in [3.05, 3.63) is 29.8 Å². The van der Waals surface area contributed by atoms with Crippen molar-refractivity contribution in [2.75, 3.05) is 24.8 Å². The van der Waals surface area contributed by atoms with Crippen molar-refractivity contribution in [3.8, 4) is 5.75 Å². The van der Waals surface area contributed by atoms with Crippen LogP contribution in [0.25, 0.3) is 0 Å². The number of Topliss-reactive ketones (excluding diaryl/α,β-unsaturated/α-hetero) is 1. The Labute approximate surface area is 280 Å². The lowest BCUT2D eigenvalue weighted by Gasteiger charge is -2.21. The Bertz CT molecular complexity index is 1090. The fraction of sp³-hybridized carbons (Fsp3) is 0.600. The molecule has 1 unspecified atom stereocenters. The molecular formula is C30H49Cl2N7O7. The second kappa shape index (κ2) is 25.6. The molecule has 3 atom stereocenters. The Morgan fingerprint density at radius 3 is 2.00 bits per heavy atom. The number of benzene rings is 1. The predicted octanol–water partition coefficient (Wildman–Crippen LogP) is 1.48. The van der Waals surface area contributed by atoms with Gasteiger partial charge in [-0.05, 0) is 37.0 Å². The van der Waals surface area contributed by atoms with Crippen LogP contribution in [0, 0.1) is 5.41 Å². The summed E-state index contributed by atoms with van der Waals surface area (Å²) in [6.07, 6.45) is 7.30. The molecule has 0 aromatic heterocycles. The number of nitrogens with two attached hydrogens (primary N) is 2. The van der Waals surface area contributed by atoms with E-state index in [2.05, 4.69) is 28.2 Å². The first-order chi connectivity index (χ1) is 21.8. The maximum atomic E-state index is 13.0. The minimum Gasteiger partial charge on any atom is -0.508 e. The van der Waals surface area contributed by atoms with Gasteiger partial charge in [0.2, 0.25) is 17.7 Å². The highest BCUT2D eigenvalue weighted by Crippen LogP contribution is 2.12. The summed E-state index contributed by atoms with van der Waals surface area (Å²) in [6.45, 7) is 1.91. The van der Waals surface area contributed by atoms with Crippen LogP contribution >= 0.6 is 23.2 Å². The number of aromatic hydroxyl groups is 1. The van der Waals surface area contributed by atoms with Crippen molar-refractivity contribution in [1.29, 1.82) is 5.41 Å². The van der Waals surface area contributed by atoms with Gasteiger partial charge in [0.1, 0.15) is 17.8 Å². The summed E-state index contributed by atoms with van der Waals surface area (Å²) >= 11 is 10.0. The monoisotopic (exact) mass is 689 g/mol. The normalized spacial score (nSPS) is 12.3. The number of ketones is 1. The van der Waals surface area contributed by atoms with Crippen molar-refractivity contribution >= 4 is 58.6 Å². The Hall–Kier alpha value is -3.62. The molecule has 46 heavy (non-hydrogen) atoms. The molecule has 260 valence electrons. The molecule has 1 rings (SSSR count). The zero-order valence-electron chi connectivity index (χ0n) is 26.3. The van der Waals surface area contributed by atoms with Crippen molar-refractivity contribution in [2.24, 2.45) is 11.5 Å². The Morgan fingerprint density at radius 2 is 1.46 bits per heavy atom. The Morgan fingerprint density at radius 1 is 0.848 bits per heavy atom. The van der Waals surface area contributed by atoms with Gasteiger partial charge < -0.3 is 42.9 Å². The number of hydrogen-bond donors (Lipinski definition) is 9. The van der Waals surface area contributed by atoms with Gasteiger partial charge >= 0.3 is 5.97 Å². The number of carbonyl (C=O) groups is 5. The molecule has 11 N–H and O–H groups in total. The van der Waals surface area contributed by atoms with E-state index in [1.54, 1.807) is 12.1 Å². The number of halogens is 2. The zero-order chi connectivity index (χ0) is 34.9. The molecule has 0 aliphatic heterocycles. The van der Waals surface area contributed by atoms with Gasteiger partial charge in [0, 0.05) is 13.0 Å². The number of aliphatic carboxylic acids is 1. The number of amides is 3. The lowest BCUT2D eigenvalue weighted by molar-refractivity contribution is -0.142. The van der Waals surface area contributed by atoms with E-state index >= 15 is 0 Å². The molecule has 14 nitrogen and oxygen atoms in total. The molecule has 0 fully saturated rings. The summed E-state index contributed by atoms with van der Waals surface area (Å²) in [6, 6.07) is 3.12. The van der Waals surface area contributed by atoms with E-state index in [9.17, 15) is 34.2 Å². The number of hydrogen-bond acceptors (Lipinski definition) is 8. The third kappa shape index (κ3) is 21.2. The smallest absolute Gasteiger partial charge is 0.326 e. The number of rotatable bonds is 22. The molecule has 16 heteroatoms. The van der Waals surface area contributed by atoms with Crippen LogP contribution in [-0.2, 0) is 30.4 Å². The van der Waals surface area contributed by atoms with Gasteiger partial charge in [0.25, 0.3) is 0 Å². The van der Waals surface area contributed by atoms with Gasteiger partial charge in [-0.25, -0.2) is 4.79 Å². The number of unbranched alkanes of at least 4 members (excludes halogenated alkanes) is 5. The lowest BCUT2D eigenvalue weighted by atomic mass is 10.0. The molecule has 0 aliphatic rings.